The highest BCUT2D eigenvalue weighted by atomic mass is 16.3. The molecule has 2 aliphatic rings. The first kappa shape index (κ1) is 9.94. The molecule has 0 radical (unpaired) electrons. The molecule has 14 heavy (non-hydrogen) atoms. The molecule has 3 N–H and O–H groups in total. The molecule has 2 aliphatic carbocycles. The minimum absolute atomic E-state index is 0.312. The highest BCUT2D eigenvalue weighted by molar-refractivity contribution is 5.21. The van der Waals surface area contributed by atoms with Crippen LogP contribution in [0.2, 0.25) is 0 Å². The van der Waals surface area contributed by atoms with Crippen LogP contribution in [0.1, 0.15) is 38.5 Å². The molecule has 0 saturated heterocycles. The van der Waals surface area contributed by atoms with Crippen molar-refractivity contribution in [1.29, 1.82) is 0 Å². The van der Waals surface area contributed by atoms with Crippen LogP contribution in [0.25, 0.3) is 0 Å². The molecule has 0 heterocycles. The van der Waals surface area contributed by atoms with Crippen molar-refractivity contribution < 1.29 is 5.11 Å². The number of aliphatic hydroxyl groups is 1. The lowest BCUT2D eigenvalue weighted by Gasteiger charge is -2.34. The third-order valence-corrected chi connectivity index (χ3v) is 3.37. The summed E-state index contributed by atoms with van der Waals surface area (Å²) in [4.78, 5) is 0. The van der Waals surface area contributed by atoms with Crippen LogP contribution in [0.3, 0.4) is 0 Å². The molecule has 0 aromatic rings. The van der Waals surface area contributed by atoms with Gasteiger partial charge < -0.3 is 10.8 Å². The van der Waals surface area contributed by atoms with Gasteiger partial charge >= 0.3 is 0 Å². The molecule has 1 fully saturated rings. The highest BCUT2D eigenvalue weighted by Crippen LogP contribution is 2.37. The Morgan fingerprint density at radius 1 is 1.21 bits per heavy atom. The predicted octanol–water partition coefficient (Wildman–Crippen LogP) is 1.90. The van der Waals surface area contributed by atoms with Crippen LogP contribution in [0.5, 0.6) is 0 Å². The maximum absolute atomic E-state index is 10.3. The molecule has 1 saturated carbocycles. The highest BCUT2D eigenvalue weighted by Gasteiger charge is 2.38. The summed E-state index contributed by atoms with van der Waals surface area (Å²) < 4.78 is 0. The Kier molecular flexibility index (Phi) is 2.50. The first-order valence-electron chi connectivity index (χ1n) is 5.48. The SMILES string of the molecule is N[C@]1(CC2(O)CCCC2)C=CC=CC1. The smallest absolute Gasteiger partial charge is 0.0668 e. The Hall–Kier alpha value is -0.600. The van der Waals surface area contributed by atoms with Crippen molar-refractivity contribution in [3.05, 3.63) is 24.3 Å². The Morgan fingerprint density at radius 3 is 2.50 bits per heavy atom. The minimum atomic E-state index is -0.496. The average Bonchev–Trinajstić information content (AvgIpc) is 2.52. The van der Waals surface area contributed by atoms with E-state index in [1.807, 2.05) is 18.2 Å². The molecule has 0 bridgehead atoms. The van der Waals surface area contributed by atoms with Gasteiger partial charge in [-0.15, -0.1) is 0 Å². The van der Waals surface area contributed by atoms with Crippen LogP contribution >= 0.6 is 0 Å². The van der Waals surface area contributed by atoms with Crippen molar-refractivity contribution in [2.45, 2.75) is 49.7 Å². The molecular formula is C12H19NO. The van der Waals surface area contributed by atoms with Gasteiger partial charge in [0.15, 0.2) is 0 Å². The van der Waals surface area contributed by atoms with E-state index in [1.165, 1.54) is 0 Å². The monoisotopic (exact) mass is 193 g/mol. The van der Waals surface area contributed by atoms with Crippen LogP contribution in [-0.2, 0) is 0 Å². The maximum atomic E-state index is 10.3. The van der Waals surface area contributed by atoms with E-state index in [-0.39, 0.29) is 5.54 Å². The third-order valence-electron chi connectivity index (χ3n) is 3.37. The van der Waals surface area contributed by atoms with Gasteiger partial charge in [0.1, 0.15) is 0 Å². The van der Waals surface area contributed by atoms with Crippen molar-refractivity contribution in [2.24, 2.45) is 5.73 Å². The zero-order valence-corrected chi connectivity index (χ0v) is 8.58. The molecule has 2 rings (SSSR count). The number of rotatable bonds is 2. The summed E-state index contributed by atoms with van der Waals surface area (Å²) >= 11 is 0. The zero-order valence-electron chi connectivity index (χ0n) is 8.58. The van der Waals surface area contributed by atoms with Crippen molar-refractivity contribution in [3.8, 4) is 0 Å². The van der Waals surface area contributed by atoms with Gasteiger partial charge in [-0.1, -0.05) is 37.1 Å². The Balaban J connectivity index is 2.02. The van der Waals surface area contributed by atoms with E-state index in [9.17, 15) is 5.11 Å². The normalized spacial score (nSPS) is 35.0. The van der Waals surface area contributed by atoms with Gasteiger partial charge in [-0.2, -0.15) is 0 Å². The quantitative estimate of drug-likeness (QED) is 0.703. The molecule has 0 aromatic carbocycles. The van der Waals surface area contributed by atoms with Crippen molar-refractivity contribution >= 4 is 0 Å². The fourth-order valence-electron chi connectivity index (χ4n) is 2.63. The fraction of sp³-hybridized carbons (Fsp3) is 0.667. The number of nitrogens with two attached hydrogens (primary N) is 1. The van der Waals surface area contributed by atoms with Gasteiger partial charge in [0.05, 0.1) is 5.60 Å². The van der Waals surface area contributed by atoms with Gasteiger partial charge in [-0.05, 0) is 25.7 Å². The van der Waals surface area contributed by atoms with E-state index in [1.54, 1.807) is 0 Å². The minimum Gasteiger partial charge on any atom is -0.390 e. The first-order valence-corrected chi connectivity index (χ1v) is 5.48. The average molecular weight is 193 g/mol. The van der Waals surface area contributed by atoms with Crippen molar-refractivity contribution in [3.63, 3.8) is 0 Å². The van der Waals surface area contributed by atoms with E-state index in [4.69, 9.17) is 5.73 Å². The summed E-state index contributed by atoms with van der Waals surface area (Å²) in [5.41, 5.74) is 5.42. The van der Waals surface area contributed by atoms with Crippen LogP contribution in [0.4, 0.5) is 0 Å². The lowest BCUT2D eigenvalue weighted by Crippen LogP contribution is -2.45. The van der Waals surface area contributed by atoms with E-state index in [0.717, 1.165) is 32.1 Å². The van der Waals surface area contributed by atoms with Crippen molar-refractivity contribution in [1.82, 2.24) is 0 Å². The maximum Gasteiger partial charge on any atom is 0.0668 e. The molecular weight excluding hydrogens is 174 g/mol. The molecule has 0 unspecified atom stereocenters. The molecule has 0 aromatic heterocycles. The summed E-state index contributed by atoms with van der Waals surface area (Å²) in [5, 5.41) is 10.3. The standard InChI is InChI=1S/C12H19NO/c13-11(6-2-1-3-7-11)10-12(14)8-4-5-9-12/h1-3,6,14H,4-5,7-10,13H2/t11-/m1/s1. The lowest BCUT2D eigenvalue weighted by molar-refractivity contribution is 0.0231. The van der Waals surface area contributed by atoms with Gasteiger partial charge in [-0.3, -0.25) is 0 Å². The number of hydrogen-bond acceptors (Lipinski definition) is 2. The molecule has 0 aliphatic heterocycles. The van der Waals surface area contributed by atoms with E-state index in [0.29, 0.717) is 6.42 Å². The molecule has 2 nitrogen and oxygen atoms in total. The lowest BCUT2D eigenvalue weighted by atomic mass is 9.80. The second kappa shape index (κ2) is 3.52. The fourth-order valence-corrected chi connectivity index (χ4v) is 2.63. The number of allylic oxidation sites excluding steroid dienone is 2. The largest absolute Gasteiger partial charge is 0.390 e. The van der Waals surface area contributed by atoms with Crippen LogP contribution in [0.15, 0.2) is 24.3 Å². The third kappa shape index (κ3) is 2.07. The van der Waals surface area contributed by atoms with Gasteiger partial charge in [0.25, 0.3) is 0 Å². The Bertz CT molecular complexity index is 263. The summed E-state index contributed by atoms with van der Waals surface area (Å²) in [6.07, 6.45) is 13.8. The first-order chi connectivity index (χ1) is 6.62. The van der Waals surface area contributed by atoms with Gasteiger partial charge in [-0.25, -0.2) is 0 Å². The molecule has 0 amide bonds. The van der Waals surface area contributed by atoms with Crippen LogP contribution in [-0.4, -0.2) is 16.2 Å². The van der Waals surface area contributed by atoms with E-state index >= 15 is 0 Å². The predicted molar refractivity (Wildman–Crippen MR) is 57.9 cm³/mol. The topological polar surface area (TPSA) is 46.2 Å². The van der Waals surface area contributed by atoms with E-state index in [2.05, 4.69) is 6.08 Å². The van der Waals surface area contributed by atoms with Crippen LogP contribution < -0.4 is 5.73 Å². The van der Waals surface area contributed by atoms with Gasteiger partial charge in [0, 0.05) is 5.54 Å². The summed E-state index contributed by atoms with van der Waals surface area (Å²) in [6.45, 7) is 0. The Labute approximate surface area is 85.5 Å². The van der Waals surface area contributed by atoms with Crippen LogP contribution in [0, 0.1) is 0 Å². The molecule has 1 atom stereocenters. The summed E-state index contributed by atoms with van der Waals surface area (Å²) in [7, 11) is 0. The van der Waals surface area contributed by atoms with E-state index < -0.39 is 5.60 Å². The number of hydrogen-bond donors (Lipinski definition) is 2. The summed E-state index contributed by atoms with van der Waals surface area (Å²) in [5.74, 6) is 0. The summed E-state index contributed by atoms with van der Waals surface area (Å²) in [6, 6.07) is 0. The molecule has 78 valence electrons. The molecule has 0 spiro atoms. The van der Waals surface area contributed by atoms with Crippen molar-refractivity contribution in [2.75, 3.05) is 0 Å². The van der Waals surface area contributed by atoms with Gasteiger partial charge in [0.2, 0.25) is 0 Å². The Morgan fingerprint density at radius 2 is 1.93 bits per heavy atom. The zero-order chi connectivity index (χ0) is 10.1. The second-order valence-electron chi connectivity index (χ2n) is 4.83. The second-order valence-corrected chi connectivity index (χ2v) is 4.83. The molecule has 2 heteroatoms.